The van der Waals surface area contributed by atoms with Gasteiger partial charge in [0.2, 0.25) is 5.91 Å². The Morgan fingerprint density at radius 1 is 1.35 bits per heavy atom. The molecule has 0 aliphatic heterocycles. The number of carbonyl (C=O) groups is 1. The fraction of sp³-hybridized carbons (Fsp3) is 0.200. The number of rotatable bonds is 5. The van der Waals surface area contributed by atoms with E-state index in [0.29, 0.717) is 6.42 Å². The van der Waals surface area contributed by atoms with E-state index >= 15 is 0 Å². The standard InChI is InChI=1S/C15H15N3OS/c19-15(5-1-3-13-4-2-8-20-13)17-12-6-7-14-11(9-12)10-16-18-14/h2,4,6-10H,1,3,5H2,(H,16,18)(H,17,19). The molecule has 3 rings (SSSR count). The monoisotopic (exact) mass is 285 g/mol. The number of hydrogen-bond acceptors (Lipinski definition) is 3. The van der Waals surface area contributed by atoms with Crippen molar-refractivity contribution in [1.29, 1.82) is 0 Å². The third kappa shape index (κ3) is 3.05. The van der Waals surface area contributed by atoms with Gasteiger partial charge in [-0.2, -0.15) is 5.10 Å². The Kier molecular flexibility index (Phi) is 3.78. The zero-order valence-electron chi connectivity index (χ0n) is 10.9. The van der Waals surface area contributed by atoms with Crippen LogP contribution >= 0.6 is 11.3 Å². The summed E-state index contributed by atoms with van der Waals surface area (Å²) >= 11 is 1.74. The van der Waals surface area contributed by atoms with Gasteiger partial charge in [0.15, 0.2) is 0 Å². The molecule has 1 amide bonds. The molecule has 20 heavy (non-hydrogen) atoms. The number of aryl methyl sites for hydroxylation is 1. The van der Waals surface area contributed by atoms with E-state index in [1.165, 1.54) is 4.88 Å². The molecule has 2 aromatic heterocycles. The maximum atomic E-state index is 11.9. The van der Waals surface area contributed by atoms with Crippen LogP contribution in [0.25, 0.3) is 10.9 Å². The van der Waals surface area contributed by atoms with Gasteiger partial charge in [0, 0.05) is 22.4 Å². The van der Waals surface area contributed by atoms with Gasteiger partial charge in [-0.25, -0.2) is 0 Å². The first-order valence-electron chi connectivity index (χ1n) is 6.56. The van der Waals surface area contributed by atoms with E-state index < -0.39 is 0 Å². The van der Waals surface area contributed by atoms with Gasteiger partial charge in [-0.05, 0) is 42.5 Å². The van der Waals surface area contributed by atoms with Crippen molar-refractivity contribution in [3.05, 3.63) is 46.8 Å². The second-order valence-electron chi connectivity index (χ2n) is 4.65. The maximum Gasteiger partial charge on any atom is 0.224 e. The normalized spacial score (nSPS) is 10.8. The van der Waals surface area contributed by atoms with Crippen LogP contribution in [-0.4, -0.2) is 16.1 Å². The summed E-state index contributed by atoms with van der Waals surface area (Å²) in [5.41, 5.74) is 1.79. The molecule has 0 atom stereocenters. The molecular formula is C15H15N3OS. The summed E-state index contributed by atoms with van der Waals surface area (Å²) in [7, 11) is 0. The van der Waals surface area contributed by atoms with Crippen molar-refractivity contribution >= 4 is 33.8 Å². The molecule has 0 radical (unpaired) electrons. The second kappa shape index (κ2) is 5.88. The number of fused-ring (bicyclic) bond motifs is 1. The molecule has 0 saturated heterocycles. The van der Waals surface area contributed by atoms with Crippen molar-refractivity contribution in [2.24, 2.45) is 0 Å². The van der Waals surface area contributed by atoms with Gasteiger partial charge in [-0.15, -0.1) is 11.3 Å². The average Bonchev–Trinajstić information content (AvgIpc) is 3.08. The molecule has 0 spiro atoms. The van der Waals surface area contributed by atoms with Crippen LogP contribution in [0.4, 0.5) is 5.69 Å². The largest absolute Gasteiger partial charge is 0.326 e. The third-order valence-electron chi connectivity index (χ3n) is 3.13. The van der Waals surface area contributed by atoms with E-state index in [4.69, 9.17) is 0 Å². The summed E-state index contributed by atoms with van der Waals surface area (Å²) in [6.45, 7) is 0. The molecule has 4 nitrogen and oxygen atoms in total. The first-order valence-corrected chi connectivity index (χ1v) is 7.44. The highest BCUT2D eigenvalue weighted by Gasteiger charge is 2.04. The molecule has 3 aromatic rings. The van der Waals surface area contributed by atoms with Crippen LogP contribution in [0.3, 0.4) is 0 Å². The van der Waals surface area contributed by atoms with Gasteiger partial charge >= 0.3 is 0 Å². The first kappa shape index (κ1) is 12.9. The lowest BCUT2D eigenvalue weighted by atomic mass is 10.2. The van der Waals surface area contributed by atoms with Gasteiger partial charge in [0.05, 0.1) is 11.7 Å². The number of anilines is 1. The minimum atomic E-state index is 0.0596. The van der Waals surface area contributed by atoms with Crippen molar-refractivity contribution in [2.75, 3.05) is 5.32 Å². The number of hydrogen-bond donors (Lipinski definition) is 2. The number of aromatic nitrogens is 2. The van der Waals surface area contributed by atoms with E-state index in [-0.39, 0.29) is 5.91 Å². The molecule has 5 heteroatoms. The molecule has 0 aliphatic carbocycles. The van der Waals surface area contributed by atoms with Crippen LogP contribution in [0, 0.1) is 0 Å². The van der Waals surface area contributed by atoms with Crippen molar-refractivity contribution in [3.63, 3.8) is 0 Å². The fourth-order valence-electron chi connectivity index (χ4n) is 2.12. The number of thiophene rings is 1. The van der Waals surface area contributed by atoms with Crippen LogP contribution < -0.4 is 5.32 Å². The van der Waals surface area contributed by atoms with Crippen molar-refractivity contribution < 1.29 is 4.79 Å². The van der Waals surface area contributed by atoms with E-state index in [0.717, 1.165) is 29.4 Å². The Morgan fingerprint density at radius 2 is 2.30 bits per heavy atom. The van der Waals surface area contributed by atoms with Crippen LogP contribution in [0.2, 0.25) is 0 Å². The minimum Gasteiger partial charge on any atom is -0.326 e. The Hall–Kier alpha value is -2.14. The van der Waals surface area contributed by atoms with Gasteiger partial charge in [0.25, 0.3) is 0 Å². The van der Waals surface area contributed by atoms with Crippen LogP contribution in [-0.2, 0) is 11.2 Å². The Balaban J connectivity index is 1.52. The van der Waals surface area contributed by atoms with Crippen LogP contribution in [0.1, 0.15) is 17.7 Å². The molecule has 0 unspecified atom stereocenters. The van der Waals surface area contributed by atoms with E-state index in [1.807, 2.05) is 24.3 Å². The number of carbonyl (C=O) groups excluding carboxylic acids is 1. The second-order valence-corrected chi connectivity index (χ2v) is 5.69. The fourth-order valence-corrected chi connectivity index (χ4v) is 2.87. The number of nitrogens with one attached hydrogen (secondary N) is 2. The van der Waals surface area contributed by atoms with Gasteiger partial charge in [-0.3, -0.25) is 9.89 Å². The molecule has 2 N–H and O–H groups in total. The Morgan fingerprint density at radius 3 is 3.15 bits per heavy atom. The number of benzene rings is 1. The van der Waals surface area contributed by atoms with Gasteiger partial charge < -0.3 is 5.32 Å². The summed E-state index contributed by atoms with van der Waals surface area (Å²) < 4.78 is 0. The molecule has 1 aromatic carbocycles. The number of amides is 1. The predicted molar refractivity (Wildman–Crippen MR) is 82.0 cm³/mol. The van der Waals surface area contributed by atoms with Crippen molar-refractivity contribution in [1.82, 2.24) is 10.2 Å². The highest BCUT2D eigenvalue weighted by molar-refractivity contribution is 7.09. The molecular weight excluding hydrogens is 270 g/mol. The number of H-pyrrole nitrogens is 1. The summed E-state index contributed by atoms with van der Waals surface area (Å²) in [6.07, 6.45) is 4.13. The number of nitrogens with zero attached hydrogens (tertiary/aromatic N) is 1. The lowest BCUT2D eigenvalue weighted by Gasteiger charge is -2.05. The van der Waals surface area contributed by atoms with E-state index in [1.54, 1.807) is 17.5 Å². The van der Waals surface area contributed by atoms with Crippen molar-refractivity contribution in [2.45, 2.75) is 19.3 Å². The molecule has 0 bridgehead atoms. The highest BCUT2D eigenvalue weighted by atomic mass is 32.1. The molecule has 102 valence electrons. The maximum absolute atomic E-state index is 11.9. The quantitative estimate of drug-likeness (QED) is 0.752. The molecule has 0 aliphatic rings. The highest BCUT2D eigenvalue weighted by Crippen LogP contribution is 2.17. The summed E-state index contributed by atoms with van der Waals surface area (Å²) in [5.74, 6) is 0.0596. The summed E-state index contributed by atoms with van der Waals surface area (Å²) in [6, 6.07) is 9.88. The van der Waals surface area contributed by atoms with Gasteiger partial charge in [0.1, 0.15) is 0 Å². The molecule has 0 fully saturated rings. The summed E-state index contributed by atoms with van der Waals surface area (Å²) in [5, 5.41) is 12.8. The lowest BCUT2D eigenvalue weighted by Crippen LogP contribution is -2.11. The average molecular weight is 285 g/mol. The van der Waals surface area contributed by atoms with E-state index in [9.17, 15) is 4.79 Å². The van der Waals surface area contributed by atoms with Crippen LogP contribution in [0.15, 0.2) is 41.9 Å². The first-order chi connectivity index (χ1) is 9.81. The zero-order chi connectivity index (χ0) is 13.8. The third-order valence-corrected chi connectivity index (χ3v) is 4.07. The molecule has 2 heterocycles. The lowest BCUT2D eigenvalue weighted by molar-refractivity contribution is -0.116. The minimum absolute atomic E-state index is 0.0596. The van der Waals surface area contributed by atoms with Crippen LogP contribution in [0.5, 0.6) is 0 Å². The Labute approximate surface area is 120 Å². The SMILES string of the molecule is O=C(CCCc1cccs1)Nc1ccc2[nH]ncc2c1. The zero-order valence-corrected chi connectivity index (χ0v) is 11.7. The molecule has 0 saturated carbocycles. The van der Waals surface area contributed by atoms with Crippen molar-refractivity contribution in [3.8, 4) is 0 Å². The summed E-state index contributed by atoms with van der Waals surface area (Å²) in [4.78, 5) is 13.2. The number of aromatic amines is 1. The van der Waals surface area contributed by atoms with E-state index in [2.05, 4.69) is 27.0 Å². The predicted octanol–water partition coefficient (Wildman–Crippen LogP) is 3.59. The Bertz CT molecular complexity index is 703. The topological polar surface area (TPSA) is 57.8 Å². The smallest absolute Gasteiger partial charge is 0.224 e. The van der Waals surface area contributed by atoms with Gasteiger partial charge in [-0.1, -0.05) is 6.07 Å².